The summed E-state index contributed by atoms with van der Waals surface area (Å²) < 4.78 is 18.8. The zero-order valence-corrected chi connectivity index (χ0v) is 13.6. The van der Waals surface area contributed by atoms with Crippen molar-refractivity contribution in [2.45, 2.75) is 12.8 Å². The quantitative estimate of drug-likeness (QED) is 0.825. The molecule has 130 valence electrons. The normalized spacial score (nSPS) is 16.9. The van der Waals surface area contributed by atoms with E-state index >= 15 is 0 Å². The number of aromatic nitrogens is 2. The summed E-state index contributed by atoms with van der Waals surface area (Å²) in [6.45, 7) is 0.583. The SMILES string of the molecule is COc1ccc(F)cc1-c1cc(NC(=O)C2CCCNC2=O)ncn1. The van der Waals surface area contributed by atoms with Crippen LogP contribution in [0.4, 0.5) is 10.2 Å². The summed E-state index contributed by atoms with van der Waals surface area (Å²) in [6.07, 6.45) is 2.50. The molecule has 1 aliphatic heterocycles. The van der Waals surface area contributed by atoms with Gasteiger partial charge in [-0.2, -0.15) is 0 Å². The summed E-state index contributed by atoms with van der Waals surface area (Å²) in [7, 11) is 1.47. The van der Waals surface area contributed by atoms with Crippen LogP contribution in [0.2, 0.25) is 0 Å². The van der Waals surface area contributed by atoms with E-state index in [4.69, 9.17) is 4.74 Å². The highest BCUT2D eigenvalue weighted by Crippen LogP contribution is 2.30. The van der Waals surface area contributed by atoms with Crippen LogP contribution in [-0.4, -0.2) is 35.4 Å². The predicted molar refractivity (Wildman–Crippen MR) is 88.3 cm³/mol. The molecule has 1 fully saturated rings. The Hall–Kier alpha value is -3.03. The smallest absolute Gasteiger partial charge is 0.238 e. The first-order chi connectivity index (χ1) is 12.1. The maximum Gasteiger partial charge on any atom is 0.238 e. The summed E-state index contributed by atoms with van der Waals surface area (Å²) in [4.78, 5) is 32.2. The number of methoxy groups -OCH3 is 1. The maximum atomic E-state index is 13.6. The summed E-state index contributed by atoms with van der Waals surface area (Å²) in [6, 6.07) is 5.59. The minimum atomic E-state index is -0.740. The second-order valence-electron chi connectivity index (χ2n) is 5.61. The lowest BCUT2D eigenvalue weighted by atomic mass is 9.98. The van der Waals surface area contributed by atoms with Crippen molar-refractivity contribution in [1.82, 2.24) is 15.3 Å². The summed E-state index contributed by atoms with van der Waals surface area (Å²) >= 11 is 0. The highest BCUT2D eigenvalue weighted by Gasteiger charge is 2.29. The molecule has 1 unspecified atom stereocenters. The minimum absolute atomic E-state index is 0.236. The van der Waals surface area contributed by atoms with Gasteiger partial charge in [-0.15, -0.1) is 0 Å². The second kappa shape index (κ2) is 7.25. The number of ether oxygens (including phenoxy) is 1. The molecule has 2 heterocycles. The van der Waals surface area contributed by atoms with Crippen LogP contribution in [0.1, 0.15) is 12.8 Å². The van der Waals surface area contributed by atoms with Crippen molar-refractivity contribution in [2.75, 3.05) is 19.0 Å². The summed E-state index contributed by atoms with van der Waals surface area (Å²) in [5.74, 6) is -1.20. The van der Waals surface area contributed by atoms with E-state index in [2.05, 4.69) is 20.6 Å². The fourth-order valence-corrected chi connectivity index (χ4v) is 2.69. The van der Waals surface area contributed by atoms with Gasteiger partial charge in [0.2, 0.25) is 11.8 Å². The molecule has 0 aliphatic carbocycles. The zero-order chi connectivity index (χ0) is 17.8. The molecular weight excluding hydrogens is 327 g/mol. The Morgan fingerprint density at radius 2 is 2.20 bits per heavy atom. The fourth-order valence-electron chi connectivity index (χ4n) is 2.69. The standard InChI is InChI=1S/C17H17FN4O3/c1-25-14-5-4-10(18)7-12(14)13-8-15(21-9-20-13)22-17(24)11-3-2-6-19-16(11)23/h4-5,7-9,11H,2-3,6H2,1H3,(H,19,23)(H,20,21,22,24). The average molecular weight is 344 g/mol. The number of halogens is 1. The van der Waals surface area contributed by atoms with E-state index in [1.54, 1.807) is 0 Å². The molecule has 0 spiro atoms. The van der Waals surface area contributed by atoms with Crippen LogP contribution in [0, 0.1) is 11.7 Å². The van der Waals surface area contributed by atoms with E-state index in [-0.39, 0.29) is 11.7 Å². The Morgan fingerprint density at radius 3 is 2.96 bits per heavy atom. The highest BCUT2D eigenvalue weighted by atomic mass is 19.1. The molecule has 1 atom stereocenters. The van der Waals surface area contributed by atoms with Gasteiger partial charge >= 0.3 is 0 Å². The molecule has 25 heavy (non-hydrogen) atoms. The molecule has 0 bridgehead atoms. The number of nitrogens with one attached hydrogen (secondary N) is 2. The molecule has 1 saturated heterocycles. The number of piperidine rings is 1. The van der Waals surface area contributed by atoms with Crippen LogP contribution < -0.4 is 15.4 Å². The minimum Gasteiger partial charge on any atom is -0.496 e. The second-order valence-corrected chi connectivity index (χ2v) is 5.61. The van der Waals surface area contributed by atoms with Gasteiger partial charge in [-0.25, -0.2) is 14.4 Å². The first-order valence-electron chi connectivity index (χ1n) is 7.83. The van der Waals surface area contributed by atoms with Crippen molar-refractivity contribution in [3.05, 3.63) is 36.4 Å². The van der Waals surface area contributed by atoms with E-state index in [0.29, 0.717) is 30.0 Å². The van der Waals surface area contributed by atoms with Gasteiger partial charge in [0.05, 0.1) is 12.8 Å². The monoisotopic (exact) mass is 344 g/mol. The molecule has 2 amide bonds. The highest BCUT2D eigenvalue weighted by molar-refractivity contribution is 6.06. The Morgan fingerprint density at radius 1 is 1.36 bits per heavy atom. The van der Waals surface area contributed by atoms with Crippen LogP contribution in [0.25, 0.3) is 11.3 Å². The average Bonchev–Trinajstić information content (AvgIpc) is 2.62. The molecule has 0 radical (unpaired) electrons. The number of amides is 2. The first kappa shape index (κ1) is 16.8. The van der Waals surface area contributed by atoms with Crippen molar-refractivity contribution in [2.24, 2.45) is 5.92 Å². The fraction of sp³-hybridized carbons (Fsp3) is 0.294. The molecule has 7 nitrogen and oxygen atoms in total. The lowest BCUT2D eigenvalue weighted by Gasteiger charge is -2.20. The first-order valence-corrected chi connectivity index (χ1v) is 7.83. The summed E-state index contributed by atoms with van der Waals surface area (Å²) in [5.41, 5.74) is 0.838. The van der Waals surface area contributed by atoms with Crippen molar-refractivity contribution < 1.29 is 18.7 Å². The van der Waals surface area contributed by atoms with Crippen LogP contribution in [0.5, 0.6) is 5.75 Å². The molecule has 1 aromatic heterocycles. The van der Waals surface area contributed by atoms with Gasteiger partial charge in [0.15, 0.2) is 0 Å². The van der Waals surface area contributed by atoms with Crippen molar-refractivity contribution in [1.29, 1.82) is 0 Å². The van der Waals surface area contributed by atoms with E-state index in [1.807, 2.05) is 0 Å². The van der Waals surface area contributed by atoms with Gasteiger partial charge in [-0.05, 0) is 31.0 Å². The third-order valence-electron chi connectivity index (χ3n) is 3.96. The van der Waals surface area contributed by atoms with Gasteiger partial charge in [-0.1, -0.05) is 0 Å². The van der Waals surface area contributed by atoms with Crippen molar-refractivity contribution in [3.8, 4) is 17.0 Å². The predicted octanol–water partition coefficient (Wildman–Crippen LogP) is 1.76. The lowest BCUT2D eigenvalue weighted by Crippen LogP contribution is -2.42. The van der Waals surface area contributed by atoms with Crippen LogP contribution >= 0.6 is 0 Å². The maximum absolute atomic E-state index is 13.6. The van der Waals surface area contributed by atoms with E-state index < -0.39 is 17.6 Å². The molecule has 8 heteroatoms. The molecule has 1 aliphatic rings. The lowest BCUT2D eigenvalue weighted by molar-refractivity contribution is -0.134. The third kappa shape index (κ3) is 3.73. The molecular formula is C17H17FN4O3. The van der Waals surface area contributed by atoms with Crippen LogP contribution in [0.15, 0.2) is 30.6 Å². The number of hydrogen-bond donors (Lipinski definition) is 2. The Balaban J connectivity index is 1.83. The Bertz CT molecular complexity index is 812. The molecule has 2 N–H and O–H groups in total. The number of carbonyl (C=O) groups excluding carboxylic acids is 2. The topological polar surface area (TPSA) is 93.2 Å². The van der Waals surface area contributed by atoms with Gasteiger partial charge < -0.3 is 15.4 Å². The van der Waals surface area contributed by atoms with Crippen LogP contribution in [-0.2, 0) is 9.59 Å². The third-order valence-corrected chi connectivity index (χ3v) is 3.96. The molecule has 0 saturated carbocycles. The largest absolute Gasteiger partial charge is 0.496 e. The number of hydrogen-bond acceptors (Lipinski definition) is 5. The number of benzene rings is 1. The number of carbonyl (C=O) groups is 2. The number of anilines is 1. The van der Waals surface area contributed by atoms with E-state index in [0.717, 1.165) is 6.42 Å². The summed E-state index contributed by atoms with van der Waals surface area (Å²) in [5, 5.41) is 5.29. The molecule has 3 rings (SSSR count). The van der Waals surface area contributed by atoms with Gasteiger partial charge in [0.25, 0.3) is 0 Å². The van der Waals surface area contributed by atoms with Crippen LogP contribution in [0.3, 0.4) is 0 Å². The van der Waals surface area contributed by atoms with Gasteiger partial charge in [0.1, 0.15) is 29.6 Å². The number of nitrogens with zero attached hydrogens (tertiary/aromatic N) is 2. The van der Waals surface area contributed by atoms with Crippen molar-refractivity contribution >= 4 is 17.6 Å². The van der Waals surface area contributed by atoms with Crippen molar-refractivity contribution in [3.63, 3.8) is 0 Å². The molecule has 2 aromatic rings. The zero-order valence-electron chi connectivity index (χ0n) is 13.6. The van der Waals surface area contributed by atoms with E-state index in [1.165, 1.54) is 37.7 Å². The Labute approximate surface area is 143 Å². The van der Waals surface area contributed by atoms with E-state index in [9.17, 15) is 14.0 Å². The van der Waals surface area contributed by atoms with Gasteiger partial charge in [-0.3, -0.25) is 9.59 Å². The Kier molecular flexibility index (Phi) is 4.87. The van der Waals surface area contributed by atoms with Gasteiger partial charge in [0, 0.05) is 18.2 Å². The number of rotatable bonds is 4. The molecule has 1 aromatic carbocycles.